The molecule has 5 nitrogen and oxygen atoms in total. The number of nitrogens with zero attached hydrogens (tertiary/aromatic N) is 1. The van der Waals surface area contributed by atoms with E-state index in [9.17, 15) is 9.59 Å². The fourth-order valence-corrected chi connectivity index (χ4v) is 2.76. The fraction of sp³-hybridized carbons (Fsp3) is 0.118. The molecule has 2 aromatic rings. The number of halogens is 3. The molecule has 0 aromatic heterocycles. The smallest absolute Gasteiger partial charge is 0.240 e. The molecule has 0 unspecified atom stereocenters. The number of hydrogen-bond acceptors (Lipinski definition) is 3. The molecule has 0 aliphatic rings. The van der Waals surface area contributed by atoms with E-state index in [4.69, 9.17) is 23.2 Å². The maximum atomic E-state index is 11.9. The third-order valence-electron chi connectivity index (χ3n) is 3.03. The quantitative estimate of drug-likeness (QED) is 0.357. The van der Waals surface area contributed by atoms with Crippen LogP contribution in [0, 0.1) is 3.57 Å². The van der Waals surface area contributed by atoms with Crippen molar-refractivity contribution in [3.05, 3.63) is 61.6 Å². The summed E-state index contributed by atoms with van der Waals surface area (Å²) in [6.45, 7) is 0. The van der Waals surface area contributed by atoms with Gasteiger partial charge >= 0.3 is 0 Å². The number of hydrogen-bond donors (Lipinski definition) is 2. The van der Waals surface area contributed by atoms with Crippen LogP contribution in [-0.2, 0) is 9.59 Å². The van der Waals surface area contributed by atoms with E-state index in [-0.39, 0.29) is 24.7 Å². The maximum absolute atomic E-state index is 11.9. The lowest BCUT2D eigenvalue weighted by atomic mass is 10.2. The predicted molar refractivity (Wildman–Crippen MR) is 109 cm³/mol. The number of carbonyl (C=O) groups excluding carboxylic acids is 2. The monoisotopic (exact) mass is 489 g/mol. The van der Waals surface area contributed by atoms with Gasteiger partial charge in [0.05, 0.1) is 16.9 Å². The molecule has 2 amide bonds. The van der Waals surface area contributed by atoms with Crippen LogP contribution >= 0.6 is 45.8 Å². The first kappa shape index (κ1) is 19.7. The van der Waals surface area contributed by atoms with Crippen molar-refractivity contribution in [2.45, 2.75) is 12.8 Å². The molecule has 0 fully saturated rings. The van der Waals surface area contributed by atoms with E-state index in [1.165, 1.54) is 0 Å². The molecule has 2 aromatic carbocycles. The van der Waals surface area contributed by atoms with Gasteiger partial charge in [-0.3, -0.25) is 9.59 Å². The summed E-state index contributed by atoms with van der Waals surface area (Å²) < 4.78 is 1.07. The minimum Gasteiger partial charge on any atom is -0.325 e. The minimum atomic E-state index is -0.353. The molecule has 2 N–H and O–H groups in total. The predicted octanol–water partition coefficient (Wildman–Crippen LogP) is 4.47. The lowest BCUT2D eigenvalue weighted by molar-refractivity contribution is -0.124. The van der Waals surface area contributed by atoms with Gasteiger partial charge in [-0.25, -0.2) is 5.43 Å². The molecule has 0 aliphatic carbocycles. The third-order valence-corrected chi connectivity index (χ3v) is 4.27. The number of benzene rings is 2. The molecule has 0 aliphatic heterocycles. The summed E-state index contributed by atoms with van der Waals surface area (Å²) in [4.78, 5) is 23.6. The summed E-state index contributed by atoms with van der Waals surface area (Å²) in [5.41, 5.74) is 3.68. The van der Waals surface area contributed by atoms with E-state index in [1.807, 2.05) is 24.3 Å². The number of rotatable bonds is 6. The van der Waals surface area contributed by atoms with E-state index < -0.39 is 0 Å². The number of nitrogens with one attached hydrogen (secondary N) is 2. The Morgan fingerprint density at radius 1 is 1.08 bits per heavy atom. The number of hydrazone groups is 1. The molecule has 0 spiro atoms. The number of amides is 2. The van der Waals surface area contributed by atoms with Crippen molar-refractivity contribution in [1.29, 1.82) is 0 Å². The van der Waals surface area contributed by atoms with Crippen LogP contribution in [0.5, 0.6) is 0 Å². The standard InChI is InChI=1S/C17H14Cl2IN3O2/c18-12-4-5-14(19)15(9-12)22-16(24)6-7-17(25)23-21-10-11-2-1-3-13(20)8-11/h1-5,8-10H,6-7H2,(H,22,24)(H,23,25)/b21-10+. The largest absolute Gasteiger partial charge is 0.325 e. The SMILES string of the molecule is O=C(CCC(=O)Nc1cc(Cl)ccc1Cl)N/N=C/c1cccc(I)c1. The van der Waals surface area contributed by atoms with Crippen molar-refractivity contribution < 1.29 is 9.59 Å². The molecule has 0 bridgehead atoms. The van der Waals surface area contributed by atoms with Crippen molar-refractivity contribution in [2.24, 2.45) is 5.10 Å². The normalized spacial score (nSPS) is 10.7. The highest BCUT2D eigenvalue weighted by atomic mass is 127. The van der Waals surface area contributed by atoms with Crippen LogP contribution in [0.15, 0.2) is 47.6 Å². The van der Waals surface area contributed by atoms with Gasteiger partial charge in [0.1, 0.15) is 0 Å². The van der Waals surface area contributed by atoms with Gasteiger partial charge in [0.25, 0.3) is 0 Å². The van der Waals surface area contributed by atoms with Crippen molar-refractivity contribution in [1.82, 2.24) is 5.43 Å². The average molecular weight is 490 g/mol. The third kappa shape index (κ3) is 7.01. The highest BCUT2D eigenvalue weighted by Crippen LogP contribution is 2.25. The summed E-state index contributed by atoms with van der Waals surface area (Å²) in [5, 5.41) is 7.33. The number of carbonyl (C=O) groups is 2. The molecule has 25 heavy (non-hydrogen) atoms. The molecular formula is C17H14Cl2IN3O2. The summed E-state index contributed by atoms with van der Waals surface area (Å²) in [5.74, 6) is -0.685. The minimum absolute atomic E-state index is 0.00737. The van der Waals surface area contributed by atoms with Crippen molar-refractivity contribution in [2.75, 3.05) is 5.32 Å². The van der Waals surface area contributed by atoms with Crippen LogP contribution in [0.25, 0.3) is 0 Å². The van der Waals surface area contributed by atoms with Crippen LogP contribution in [0.1, 0.15) is 18.4 Å². The van der Waals surface area contributed by atoms with Gasteiger partial charge < -0.3 is 5.32 Å². The van der Waals surface area contributed by atoms with E-state index in [1.54, 1.807) is 24.4 Å². The van der Waals surface area contributed by atoms with Gasteiger partial charge in [0.15, 0.2) is 0 Å². The van der Waals surface area contributed by atoms with Gasteiger partial charge in [-0.1, -0.05) is 35.3 Å². The Morgan fingerprint density at radius 2 is 1.84 bits per heavy atom. The highest BCUT2D eigenvalue weighted by Gasteiger charge is 2.09. The fourth-order valence-electron chi connectivity index (χ4n) is 1.85. The first-order valence-corrected chi connectivity index (χ1v) is 9.10. The molecule has 0 atom stereocenters. The molecule has 0 radical (unpaired) electrons. The molecule has 8 heteroatoms. The van der Waals surface area contributed by atoms with Crippen molar-refractivity contribution in [3.8, 4) is 0 Å². The van der Waals surface area contributed by atoms with E-state index in [0.29, 0.717) is 15.7 Å². The Bertz CT molecular complexity index is 812. The number of anilines is 1. The van der Waals surface area contributed by atoms with Crippen LogP contribution < -0.4 is 10.7 Å². The summed E-state index contributed by atoms with van der Waals surface area (Å²) in [7, 11) is 0. The first-order valence-electron chi connectivity index (χ1n) is 7.26. The van der Waals surface area contributed by atoms with Crippen LogP contribution in [0.2, 0.25) is 10.0 Å². The Hall–Kier alpha value is -1.64. The molecule has 130 valence electrons. The zero-order valence-corrected chi connectivity index (χ0v) is 16.6. The van der Waals surface area contributed by atoms with Crippen molar-refractivity contribution in [3.63, 3.8) is 0 Å². The molecular weight excluding hydrogens is 476 g/mol. The topological polar surface area (TPSA) is 70.6 Å². The van der Waals surface area contributed by atoms with Crippen LogP contribution in [-0.4, -0.2) is 18.0 Å². The van der Waals surface area contributed by atoms with Crippen LogP contribution in [0.4, 0.5) is 5.69 Å². The molecule has 2 rings (SSSR count). The summed E-state index contributed by atoms with van der Waals surface area (Å²) in [6, 6.07) is 12.4. The zero-order chi connectivity index (χ0) is 18.2. The second kappa shape index (κ2) is 9.74. The van der Waals surface area contributed by atoms with E-state index in [2.05, 4.69) is 38.4 Å². The Morgan fingerprint density at radius 3 is 2.60 bits per heavy atom. The molecule has 0 saturated heterocycles. The van der Waals surface area contributed by atoms with Gasteiger partial charge in [0, 0.05) is 21.4 Å². The van der Waals surface area contributed by atoms with Crippen molar-refractivity contribution >= 4 is 69.5 Å². The van der Waals surface area contributed by atoms with Gasteiger partial charge in [0.2, 0.25) is 11.8 Å². The van der Waals surface area contributed by atoms with Crippen LogP contribution in [0.3, 0.4) is 0 Å². The first-order chi connectivity index (χ1) is 11.9. The summed E-state index contributed by atoms with van der Waals surface area (Å²) in [6.07, 6.45) is 1.56. The van der Waals surface area contributed by atoms with Gasteiger partial charge in [-0.05, 0) is 58.5 Å². The van der Waals surface area contributed by atoms with E-state index >= 15 is 0 Å². The zero-order valence-electron chi connectivity index (χ0n) is 12.9. The molecule has 0 saturated carbocycles. The lowest BCUT2D eigenvalue weighted by Gasteiger charge is -2.07. The second-order valence-corrected chi connectivity index (χ2v) is 7.11. The Balaban J connectivity index is 1.77. The highest BCUT2D eigenvalue weighted by molar-refractivity contribution is 14.1. The summed E-state index contributed by atoms with van der Waals surface area (Å²) >= 11 is 14.0. The molecule has 0 heterocycles. The maximum Gasteiger partial charge on any atom is 0.240 e. The Kier molecular flexibility index (Phi) is 7.67. The van der Waals surface area contributed by atoms with Gasteiger partial charge in [-0.15, -0.1) is 0 Å². The average Bonchev–Trinajstić information content (AvgIpc) is 2.56. The van der Waals surface area contributed by atoms with E-state index in [0.717, 1.165) is 9.13 Å². The lowest BCUT2D eigenvalue weighted by Crippen LogP contribution is -2.20. The van der Waals surface area contributed by atoms with Gasteiger partial charge in [-0.2, -0.15) is 5.10 Å². The second-order valence-electron chi connectivity index (χ2n) is 5.02. The Labute approximate surface area is 168 Å².